The number of anilines is 1. The number of rotatable bonds is 3. The Bertz CT molecular complexity index is 619. The van der Waals surface area contributed by atoms with Crippen molar-refractivity contribution in [2.75, 3.05) is 5.73 Å². The molecule has 0 spiro atoms. The van der Waals surface area contributed by atoms with E-state index < -0.39 is 5.82 Å². The Hall–Kier alpha value is -1.26. The molecule has 5 heteroatoms. The maximum atomic E-state index is 13.3. The van der Waals surface area contributed by atoms with Gasteiger partial charge in [-0.1, -0.05) is 18.5 Å². The second-order valence-corrected chi connectivity index (χ2v) is 5.27. The monoisotopic (exact) mass is 343 g/mol. The summed E-state index contributed by atoms with van der Waals surface area (Å²) in [6, 6.07) is 8.09. The largest absolute Gasteiger partial charge is 0.455 e. The molecule has 0 saturated carbocycles. The first-order chi connectivity index (χ1) is 9.01. The zero-order chi connectivity index (χ0) is 14.0. The van der Waals surface area contributed by atoms with Crippen molar-refractivity contribution in [3.63, 3.8) is 0 Å². The lowest BCUT2D eigenvalue weighted by atomic mass is 10.1. The Labute approximate surface area is 124 Å². The predicted octanol–water partition coefficient (Wildman–Crippen LogP) is 5.18. The summed E-state index contributed by atoms with van der Waals surface area (Å²) in [6.07, 6.45) is 0.804. The van der Waals surface area contributed by atoms with E-state index in [1.54, 1.807) is 12.1 Å². The minimum absolute atomic E-state index is 0.244. The summed E-state index contributed by atoms with van der Waals surface area (Å²) in [7, 11) is 0. The van der Waals surface area contributed by atoms with Crippen molar-refractivity contribution in [2.45, 2.75) is 13.3 Å². The molecule has 2 aromatic rings. The SMILES string of the molecule is CCc1cc(Oc2cc(Br)c(F)cc2N)ccc1Cl. The van der Waals surface area contributed by atoms with Crippen molar-refractivity contribution in [1.29, 1.82) is 0 Å². The van der Waals surface area contributed by atoms with Gasteiger partial charge < -0.3 is 10.5 Å². The van der Waals surface area contributed by atoms with Crippen molar-refractivity contribution < 1.29 is 9.13 Å². The van der Waals surface area contributed by atoms with Crippen LogP contribution in [0.25, 0.3) is 0 Å². The Balaban J connectivity index is 2.33. The van der Waals surface area contributed by atoms with Crippen LogP contribution in [-0.4, -0.2) is 0 Å². The van der Waals surface area contributed by atoms with E-state index in [-0.39, 0.29) is 5.69 Å². The summed E-state index contributed by atoms with van der Waals surface area (Å²) in [5.41, 5.74) is 6.96. The van der Waals surface area contributed by atoms with Gasteiger partial charge in [-0.2, -0.15) is 0 Å². The van der Waals surface area contributed by atoms with Gasteiger partial charge in [-0.15, -0.1) is 0 Å². The number of ether oxygens (including phenoxy) is 1. The van der Waals surface area contributed by atoms with Crippen LogP contribution in [0.15, 0.2) is 34.8 Å². The average Bonchev–Trinajstić information content (AvgIpc) is 2.38. The third-order valence-electron chi connectivity index (χ3n) is 2.68. The van der Waals surface area contributed by atoms with Crippen LogP contribution in [0.1, 0.15) is 12.5 Å². The van der Waals surface area contributed by atoms with Gasteiger partial charge in [0.2, 0.25) is 0 Å². The first-order valence-corrected chi connectivity index (χ1v) is 6.89. The standard InChI is InChI=1S/C14H12BrClFNO/c1-2-8-5-9(3-4-11(8)16)19-14-6-10(15)12(17)7-13(14)18/h3-7H,2,18H2,1H3. The zero-order valence-corrected chi connectivity index (χ0v) is 12.6. The Morgan fingerprint density at radius 2 is 2.05 bits per heavy atom. The molecule has 2 rings (SSSR count). The Morgan fingerprint density at radius 1 is 1.32 bits per heavy atom. The van der Waals surface area contributed by atoms with Gasteiger partial charge in [0.1, 0.15) is 11.6 Å². The molecule has 0 aliphatic carbocycles. The Kier molecular flexibility index (Phi) is 4.32. The van der Waals surface area contributed by atoms with Crippen LogP contribution in [-0.2, 0) is 6.42 Å². The molecule has 0 unspecified atom stereocenters. The number of hydrogen-bond donors (Lipinski definition) is 1. The maximum Gasteiger partial charge on any atom is 0.151 e. The van der Waals surface area contributed by atoms with E-state index in [1.165, 1.54) is 12.1 Å². The van der Waals surface area contributed by atoms with E-state index in [0.29, 0.717) is 21.0 Å². The van der Waals surface area contributed by atoms with Crippen molar-refractivity contribution in [1.82, 2.24) is 0 Å². The number of nitrogens with two attached hydrogens (primary N) is 1. The summed E-state index contributed by atoms with van der Waals surface area (Å²) in [6.45, 7) is 2.01. The van der Waals surface area contributed by atoms with Crippen molar-refractivity contribution in [3.8, 4) is 11.5 Å². The van der Waals surface area contributed by atoms with E-state index in [4.69, 9.17) is 22.1 Å². The van der Waals surface area contributed by atoms with Crippen LogP contribution >= 0.6 is 27.5 Å². The molecule has 2 nitrogen and oxygen atoms in total. The lowest BCUT2D eigenvalue weighted by Crippen LogP contribution is -1.95. The van der Waals surface area contributed by atoms with Crippen molar-refractivity contribution in [3.05, 3.63) is 51.2 Å². The average molecular weight is 345 g/mol. The number of halogens is 3. The highest BCUT2D eigenvalue weighted by Crippen LogP contribution is 2.33. The van der Waals surface area contributed by atoms with Crippen LogP contribution in [0, 0.1) is 5.82 Å². The lowest BCUT2D eigenvalue weighted by molar-refractivity contribution is 0.482. The highest BCUT2D eigenvalue weighted by Gasteiger charge is 2.09. The first kappa shape index (κ1) is 14.2. The second-order valence-electron chi connectivity index (χ2n) is 4.01. The molecule has 0 heterocycles. The molecular formula is C14H12BrClFNO. The summed E-state index contributed by atoms with van der Waals surface area (Å²) >= 11 is 9.14. The van der Waals surface area contributed by atoms with Gasteiger partial charge in [0.05, 0.1) is 10.2 Å². The third-order valence-corrected chi connectivity index (χ3v) is 3.66. The third kappa shape index (κ3) is 3.19. The number of hydrogen-bond acceptors (Lipinski definition) is 2. The quantitative estimate of drug-likeness (QED) is 0.779. The van der Waals surface area contributed by atoms with Crippen molar-refractivity contribution in [2.24, 2.45) is 0 Å². The lowest BCUT2D eigenvalue weighted by Gasteiger charge is -2.11. The van der Waals surface area contributed by atoms with E-state index in [0.717, 1.165) is 12.0 Å². The summed E-state index contributed by atoms with van der Waals surface area (Å²) in [5, 5.41) is 0.697. The summed E-state index contributed by atoms with van der Waals surface area (Å²) in [4.78, 5) is 0. The summed E-state index contributed by atoms with van der Waals surface area (Å²) < 4.78 is 19.2. The Morgan fingerprint density at radius 3 is 2.74 bits per heavy atom. The topological polar surface area (TPSA) is 35.2 Å². The van der Waals surface area contributed by atoms with Gasteiger partial charge in [0.15, 0.2) is 5.75 Å². The highest BCUT2D eigenvalue weighted by molar-refractivity contribution is 9.10. The molecule has 0 aliphatic heterocycles. The van der Waals surface area contributed by atoms with Crippen LogP contribution < -0.4 is 10.5 Å². The molecule has 0 atom stereocenters. The van der Waals surface area contributed by atoms with Crippen LogP contribution in [0.2, 0.25) is 5.02 Å². The van der Waals surface area contributed by atoms with Crippen LogP contribution in [0.5, 0.6) is 11.5 Å². The molecule has 0 fully saturated rings. The predicted molar refractivity (Wildman–Crippen MR) is 79.4 cm³/mol. The van der Waals surface area contributed by atoms with Gasteiger partial charge in [-0.25, -0.2) is 4.39 Å². The van der Waals surface area contributed by atoms with Crippen molar-refractivity contribution >= 4 is 33.2 Å². The van der Waals surface area contributed by atoms with Gasteiger partial charge in [-0.05, 0) is 46.1 Å². The van der Waals surface area contributed by atoms with Gasteiger partial charge in [0.25, 0.3) is 0 Å². The van der Waals surface area contributed by atoms with Gasteiger partial charge in [-0.3, -0.25) is 0 Å². The van der Waals surface area contributed by atoms with E-state index in [9.17, 15) is 4.39 Å². The minimum Gasteiger partial charge on any atom is -0.455 e. The number of aryl methyl sites for hydroxylation is 1. The molecule has 0 bridgehead atoms. The molecule has 0 aromatic heterocycles. The molecule has 100 valence electrons. The molecule has 0 radical (unpaired) electrons. The highest BCUT2D eigenvalue weighted by atomic mass is 79.9. The second kappa shape index (κ2) is 5.80. The zero-order valence-electron chi connectivity index (χ0n) is 10.2. The van der Waals surface area contributed by atoms with E-state index in [1.807, 2.05) is 13.0 Å². The normalized spacial score (nSPS) is 10.5. The molecule has 0 saturated heterocycles. The minimum atomic E-state index is -0.421. The molecule has 0 aliphatic rings. The fourth-order valence-corrected chi connectivity index (χ4v) is 2.22. The van der Waals surface area contributed by atoms with Gasteiger partial charge >= 0.3 is 0 Å². The molecule has 2 N–H and O–H groups in total. The fourth-order valence-electron chi connectivity index (χ4n) is 1.64. The van der Waals surface area contributed by atoms with Gasteiger partial charge in [0, 0.05) is 17.2 Å². The fraction of sp³-hybridized carbons (Fsp3) is 0.143. The summed E-state index contributed by atoms with van der Waals surface area (Å²) in [5.74, 6) is 0.597. The molecular weight excluding hydrogens is 333 g/mol. The molecule has 0 amide bonds. The molecule has 19 heavy (non-hydrogen) atoms. The number of benzene rings is 2. The maximum absolute atomic E-state index is 13.3. The smallest absolute Gasteiger partial charge is 0.151 e. The molecule has 2 aromatic carbocycles. The van der Waals surface area contributed by atoms with E-state index in [2.05, 4.69) is 15.9 Å². The van der Waals surface area contributed by atoms with Crippen LogP contribution in [0.4, 0.5) is 10.1 Å². The number of nitrogen functional groups attached to an aromatic ring is 1. The van der Waals surface area contributed by atoms with E-state index >= 15 is 0 Å². The first-order valence-electron chi connectivity index (χ1n) is 5.72. The van der Waals surface area contributed by atoms with Crippen LogP contribution in [0.3, 0.4) is 0 Å².